The smallest absolute Gasteiger partial charge is 0.305 e. The molecule has 2 aromatic rings. The monoisotopic (exact) mass is 235 g/mol. The molecule has 0 amide bonds. The van der Waals surface area contributed by atoms with E-state index in [1.807, 2.05) is 0 Å². The van der Waals surface area contributed by atoms with E-state index in [0.717, 1.165) is 0 Å². The highest BCUT2D eigenvalue weighted by Crippen LogP contribution is 2.21. The lowest BCUT2D eigenvalue weighted by Gasteiger charge is -2.24. The van der Waals surface area contributed by atoms with Crippen LogP contribution in [-0.4, -0.2) is 36.6 Å². The first-order valence-electron chi connectivity index (χ1n) is 5.12. The summed E-state index contributed by atoms with van der Waals surface area (Å²) in [6, 6.07) is 0. The van der Waals surface area contributed by atoms with Gasteiger partial charge in [-0.25, -0.2) is 15.0 Å². The van der Waals surface area contributed by atoms with E-state index in [9.17, 15) is 4.79 Å². The van der Waals surface area contributed by atoms with Crippen molar-refractivity contribution in [2.24, 2.45) is 0 Å². The van der Waals surface area contributed by atoms with Gasteiger partial charge in [0.25, 0.3) is 0 Å². The number of aliphatic carboxylic acids is 1. The Hall–Kier alpha value is -2.18. The summed E-state index contributed by atoms with van der Waals surface area (Å²) < 4.78 is 0. The molecule has 7 nitrogen and oxygen atoms in total. The van der Waals surface area contributed by atoms with E-state index in [0.29, 0.717) is 17.0 Å². The van der Waals surface area contributed by atoms with E-state index in [4.69, 9.17) is 5.11 Å². The minimum absolute atomic E-state index is 0.00731. The molecule has 0 radical (unpaired) electrons. The van der Waals surface area contributed by atoms with Crippen LogP contribution < -0.4 is 5.32 Å². The third-order valence-corrected chi connectivity index (χ3v) is 2.27. The van der Waals surface area contributed by atoms with Gasteiger partial charge in [-0.05, 0) is 13.8 Å². The number of carbonyl (C=O) groups is 1. The molecular weight excluding hydrogens is 222 g/mol. The Morgan fingerprint density at radius 1 is 1.47 bits per heavy atom. The zero-order valence-electron chi connectivity index (χ0n) is 9.56. The maximum Gasteiger partial charge on any atom is 0.305 e. The number of nitrogens with zero attached hydrogens (tertiary/aromatic N) is 3. The second-order valence-electron chi connectivity index (χ2n) is 4.40. The molecule has 0 aliphatic rings. The summed E-state index contributed by atoms with van der Waals surface area (Å²) >= 11 is 0. The summed E-state index contributed by atoms with van der Waals surface area (Å²) in [5.74, 6) is -0.309. The SMILES string of the molecule is CC(C)(CC(=O)O)Nc1ncnc2nc[nH]c12. The second-order valence-corrected chi connectivity index (χ2v) is 4.40. The molecular formula is C10H13N5O2. The van der Waals surface area contributed by atoms with E-state index >= 15 is 0 Å². The van der Waals surface area contributed by atoms with Gasteiger partial charge in [0.2, 0.25) is 0 Å². The van der Waals surface area contributed by atoms with Gasteiger partial charge in [0, 0.05) is 5.54 Å². The van der Waals surface area contributed by atoms with Gasteiger partial charge in [0.15, 0.2) is 11.5 Å². The largest absolute Gasteiger partial charge is 0.481 e. The van der Waals surface area contributed by atoms with Crippen LogP contribution in [0.4, 0.5) is 5.82 Å². The number of imidazole rings is 1. The number of fused-ring (bicyclic) bond motifs is 1. The van der Waals surface area contributed by atoms with Crippen LogP contribution in [0, 0.1) is 0 Å². The van der Waals surface area contributed by atoms with Gasteiger partial charge in [-0.15, -0.1) is 0 Å². The van der Waals surface area contributed by atoms with E-state index in [-0.39, 0.29) is 6.42 Å². The Balaban J connectivity index is 2.29. The predicted octanol–water partition coefficient (Wildman–Crippen LogP) is 1.02. The van der Waals surface area contributed by atoms with Crippen molar-refractivity contribution in [2.45, 2.75) is 25.8 Å². The summed E-state index contributed by atoms with van der Waals surface area (Å²) in [4.78, 5) is 25.7. The zero-order valence-corrected chi connectivity index (χ0v) is 9.56. The molecule has 3 N–H and O–H groups in total. The molecule has 0 bridgehead atoms. The highest BCUT2D eigenvalue weighted by atomic mass is 16.4. The molecule has 0 spiro atoms. The van der Waals surface area contributed by atoms with Gasteiger partial charge < -0.3 is 15.4 Å². The number of carboxylic acids is 1. The molecule has 0 aromatic carbocycles. The molecule has 0 saturated carbocycles. The first kappa shape index (κ1) is 11.3. The van der Waals surface area contributed by atoms with Gasteiger partial charge in [0.05, 0.1) is 12.7 Å². The van der Waals surface area contributed by atoms with E-state index in [2.05, 4.69) is 25.3 Å². The van der Waals surface area contributed by atoms with Crippen molar-refractivity contribution in [1.29, 1.82) is 0 Å². The molecule has 2 rings (SSSR count). The second kappa shape index (κ2) is 4.00. The van der Waals surface area contributed by atoms with Crippen molar-refractivity contribution in [3.05, 3.63) is 12.7 Å². The highest BCUT2D eigenvalue weighted by molar-refractivity contribution is 5.82. The topological polar surface area (TPSA) is 104 Å². The number of aromatic amines is 1. The van der Waals surface area contributed by atoms with Crippen LogP contribution in [0.15, 0.2) is 12.7 Å². The van der Waals surface area contributed by atoms with Crippen LogP contribution in [0.1, 0.15) is 20.3 Å². The lowest BCUT2D eigenvalue weighted by molar-refractivity contribution is -0.137. The lowest BCUT2D eigenvalue weighted by atomic mass is 10.0. The van der Waals surface area contributed by atoms with Crippen LogP contribution in [-0.2, 0) is 4.79 Å². The molecule has 0 saturated heterocycles. The van der Waals surface area contributed by atoms with Gasteiger partial charge in [-0.1, -0.05) is 0 Å². The van der Waals surface area contributed by atoms with Crippen molar-refractivity contribution >= 4 is 23.0 Å². The quantitative estimate of drug-likeness (QED) is 0.730. The van der Waals surface area contributed by atoms with E-state index < -0.39 is 11.5 Å². The Morgan fingerprint density at radius 2 is 2.24 bits per heavy atom. The van der Waals surface area contributed by atoms with Gasteiger partial charge in [-0.3, -0.25) is 4.79 Å². The van der Waals surface area contributed by atoms with Gasteiger partial charge in [-0.2, -0.15) is 0 Å². The van der Waals surface area contributed by atoms with Crippen molar-refractivity contribution in [2.75, 3.05) is 5.32 Å². The molecule has 0 aliphatic carbocycles. The van der Waals surface area contributed by atoms with Crippen LogP contribution in [0.5, 0.6) is 0 Å². The number of nitrogens with one attached hydrogen (secondary N) is 2. The third kappa shape index (κ3) is 2.49. The number of anilines is 1. The summed E-state index contributed by atoms with van der Waals surface area (Å²) in [5, 5.41) is 11.9. The van der Waals surface area contributed by atoms with Gasteiger partial charge >= 0.3 is 5.97 Å². The lowest BCUT2D eigenvalue weighted by Crippen LogP contribution is -2.34. The number of aromatic nitrogens is 4. The first-order valence-corrected chi connectivity index (χ1v) is 5.12. The van der Waals surface area contributed by atoms with E-state index in [1.54, 1.807) is 13.8 Å². The number of rotatable bonds is 4. The number of H-pyrrole nitrogens is 1. The number of hydrogen-bond donors (Lipinski definition) is 3. The molecule has 2 aromatic heterocycles. The molecule has 7 heteroatoms. The van der Waals surface area contributed by atoms with Crippen molar-refractivity contribution in [3.63, 3.8) is 0 Å². The Labute approximate surface area is 97.3 Å². The van der Waals surface area contributed by atoms with Crippen molar-refractivity contribution in [1.82, 2.24) is 19.9 Å². The molecule has 0 unspecified atom stereocenters. The van der Waals surface area contributed by atoms with Crippen LogP contribution in [0.25, 0.3) is 11.2 Å². The summed E-state index contributed by atoms with van der Waals surface area (Å²) in [5.41, 5.74) is 0.623. The average molecular weight is 235 g/mol. The minimum atomic E-state index is -0.864. The summed E-state index contributed by atoms with van der Waals surface area (Å²) in [6.45, 7) is 3.59. The van der Waals surface area contributed by atoms with Crippen molar-refractivity contribution in [3.8, 4) is 0 Å². The van der Waals surface area contributed by atoms with Gasteiger partial charge in [0.1, 0.15) is 11.8 Å². The standard InChI is InChI=1S/C10H13N5O2/c1-10(2,3-6(16)17)15-9-7-8(12-4-11-7)13-5-14-9/h4-5H,3H2,1-2H3,(H,16,17)(H2,11,12,13,14,15). The number of carboxylic acid groups (broad SMARTS) is 1. The minimum Gasteiger partial charge on any atom is -0.481 e. The molecule has 17 heavy (non-hydrogen) atoms. The maximum atomic E-state index is 10.7. The highest BCUT2D eigenvalue weighted by Gasteiger charge is 2.23. The Kier molecular flexibility index (Phi) is 2.66. The van der Waals surface area contributed by atoms with E-state index in [1.165, 1.54) is 12.7 Å². The summed E-state index contributed by atoms with van der Waals surface area (Å²) in [6.07, 6.45) is 2.91. The molecule has 0 atom stereocenters. The maximum absolute atomic E-state index is 10.7. The molecule has 0 aliphatic heterocycles. The fraction of sp³-hybridized carbons (Fsp3) is 0.400. The fourth-order valence-electron chi connectivity index (χ4n) is 1.60. The zero-order chi connectivity index (χ0) is 12.5. The number of hydrogen-bond acceptors (Lipinski definition) is 5. The Bertz CT molecular complexity index is 548. The molecule has 2 heterocycles. The third-order valence-electron chi connectivity index (χ3n) is 2.27. The van der Waals surface area contributed by atoms with Crippen LogP contribution in [0.2, 0.25) is 0 Å². The van der Waals surface area contributed by atoms with Crippen molar-refractivity contribution < 1.29 is 9.90 Å². The first-order chi connectivity index (χ1) is 7.98. The van der Waals surface area contributed by atoms with Crippen LogP contribution in [0.3, 0.4) is 0 Å². The molecule has 90 valence electrons. The Morgan fingerprint density at radius 3 is 2.94 bits per heavy atom. The fourth-order valence-corrected chi connectivity index (χ4v) is 1.60. The predicted molar refractivity (Wildman–Crippen MR) is 61.6 cm³/mol. The normalized spacial score (nSPS) is 11.6. The average Bonchev–Trinajstić information content (AvgIpc) is 2.63. The summed E-state index contributed by atoms with van der Waals surface area (Å²) in [7, 11) is 0. The molecule has 0 fully saturated rings. The van der Waals surface area contributed by atoms with Crippen LogP contribution >= 0.6 is 0 Å².